The van der Waals surface area contributed by atoms with E-state index in [1.165, 1.54) is 4.88 Å². The van der Waals surface area contributed by atoms with Crippen molar-refractivity contribution in [2.45, 2.75) is 6.04 Å². The van der Waals surface area contributed by atoms with Gasteiger partial charge >= 0.3 is 0 Å². The van der Waals surface area contributed by atoms with E-state index in [-0.39, 0.29) is 11.9 Å². The van der Waals surface area contributed by atoms with Crippen molar-refractivity contribution in [3.63, 3.8) is 0 Å². The molecule has 1 fully saturated rings. The van der Waals surface area contributed by atoms with Crippen molar-refractivity contribution in [1.29, 1.82) is 0 Å². The number of hydrogen-bond donors (Lipinski definition) is 0. The number of benzene rings is 2. The van der Waals surface area contributed by atoms with E-state index in [1.54, 1.807) is 11.3 Å². The van der Waals surface area contributed by atoms with Crippen molar-refractivity contribution in [1.82, 2.24) is 19.9 Å². The number of amides is 1. The van der Waals surface area contributed by atoms with Crippen LogP contribution in [-0.2, 0) is 0 Å². The fraction of sp³-hybridized carbons (Fsp3) is 0.136. The fourth-order valence-electron chi connectivity index (χ4n) is 3.39. The van der Waals surface area contributed by atoms with Crippen LogP contribution < -0.4 is 0 Å². The zero-order valence-corrected chi connectivity index (χ0v) is 15.9. The molecular formula is C22H18N4OS. The van der Waals surface area contributed by atoms with Crippen LogP contribution in [0.5, 0.6) is 0 Å². The predicted octanol–water partition coefficient (Wildman–Crippen LogP) is 4.37. The molecule has 4 aromatic rings. The molecule has 1 amide bonds. The smallest absolute Gasteiger partial charge is 0.253 e. The normalized spacial score (nSPS) is 14.1. The van der Waals surface area contributed by atoms with Crippen LogP contribution in [0.3, 0.4) is 0 Å². The maximum Gasteiger partial charge on any atom is 0.253 e. The SMILES string of the molecule is O=C(c1ccc(-c2cccs2)cc1)N1CC(n2cc(-c3ccccc3)nn2)C1. The van der Waals surface area contributed by atoms with Gasteiger partial charge in [0.15, 0.2) is 0 Å². The first kappa shape index (κ1) is 16.9. The molecule has 0 bridgehead atoms. The Morgan fingerprint density at radius 1 is 0.929 bits per heavy atom. The minimum absolute atomic E-state index is 0.0670. The van der Waals surface area contributed by atoms with Crippen LogP contribution in [0.1, 0.15) is 16.4 Å². The molecule has 0 radical (unpaired) electrons. The van der Waals surface area contributed by atoms with Crippen molar-refractivity contribution >= 4 is 17.2 Å². The lowest BCUT2D eigenvalue weighted by molar-refractivity contribution is 0.0498. The van der Waals surface area contributed by atoms with E-state index in [1.807, 2.05) is 76.4 Å². The summed E-state index contributed by atoms with van der Waals surface area (Å²) in [6.07, 6.45) is 1.96. The molecule has 5 rings (SSSR count). The Labute approximate surface area is 166 Å². The van der Waals surface area contributed by atoms with Crippen molar-refractivity contribution in [2.75, 3.05) is 13.1 Å². The van der Waals surface area contributed by atoms with Crippen LogP contribution >= 0.6 is 11.3 Å². The Bertz CT molecular complexity index is 1080. The van der Waals surface area contributed by atoms with Gasteiger partial charge in [-0.1, -0.05) is 53.7 Å². The quantitative estimate of drug-likeness (QED) is 0.523. The third kappa shape index (κ3) is 3.12. The van der Waals surface area contributed by atoms with Crippen molar-refractivity contribution in [3.8, 4) is 21.7 Å². The zero-order valence-electron chi connectivity index (χ0n) is 15.1. The Kier molecular flexibility index (Phi) is 4.25. The number of hydrogen-bond acceptors (Lipinski definition) is 4. The molecule has 0 saturated carbocycles. The first-order valence-corrected chi connectivity index (χ1v) is 10.1. The number of nitrogens with zero attached hydrogens (tertiary/aromatic N) is 4. The number of carbonyl (C=O) groups excluding carboxylic acids is 1. The topological polar surface area (TPSA) is 51.0 Å². The summed E-state index contributed by atoms with van der Waals surface area (Å²) in [5, 5.41) is 10.6. The fourth-order valence-corrected chi connectivity index (χ4v) is 4.12. The van der Waals surface area contributed by atoms with Crippen molar-refractivity contribution in [2.24, 2.45) is 0 Å². The summed E-state index contributed by atoms with van der Waals surface area (Å²) in [6.45, 7) is 1.31. The van der Waals surface area contributed by atoms with Crippen LogP contribution in [0.15, 0.2) is 78.3 Å². The summed E-state index contributed by atoms with van der Waals surface area (Å²) in [7, 11) is 0. The van der Waals surface area contributed by atoms with E-state index >= 15 is 0 Å². The lowest BCUT2D eigenvalue weighted by atomic mass is 10.0. The first-order chi connectivity index (χ1) is 13.8. The van der Waals surface area contributed by atoms with Gasteiger partial charge in [-0.05, 0) is 29.1 Å². The van der Waals surface area contributed by atoms with E-state index in [2.05, 4.69) is 21.8 Å². The van der Waals surface area contributed by atoms with Crippen LogP contribution in [0.2, 0.25) is 0 Å². The molecule has 5 nitrogen and oxygen atoms in total. The van der Waals surface area contributed by atoms with Crippen molar-refractivity contribution in [3.05, 3.63) is 83.9 Å². The Morgan fingerprint density at radius 3 is 2.43 bits per heavy atom. The summed E-state index contributed by atoms with van der Waals surface area (Å²) in [4.78, 5) is 15.8. The molecule has 2 aromatic heterocycles. The molecule has 1 aliphatic heterocycles. The Morgan fingerprint density at radius 2 is 1.71 bits per heavy atom. The second-order valence-electron chi connectivity index (χ2n) is 6.87. The minimum atomic E-state index is 0.0670. The highest BCUT2D eigenvalue weighted by Crippen LogP contribution is 2.27. The molecule has 0 unspecified atom stereocenters. The highest BCUT2D eigenvalue weighted by Gasteiger charge is 2.33. The lowest BCUT2D eigenvalue weighted by Crippen LogP contribution is -2.50. The van der Waals surface area contributed by atoms with E-state index in [0.717, 1.165) is 22.4 Å². The number of likely N-dealkylation sites (tertiary alicyclic amines) is 1. The van der Waals surface area contributed by atoms with Gasteiger partial charge in [0.1, 0.15) is 5.69 Å². The van der Waals surface area contributed by atoms with Gasteiger partial charge in [-0.3, -0.25) is 4.79 Å². The average molecular weight is 386 g/mol. The molecule has 0 spiro atoms. The standard InChI is InChI=1S/C22H18N4OS/c27-22(18-10-8-17(9-11-18)21-7-4-12-28-21)25-13-19(14-25)26-15-20(23-24-26)16-5-2-1-3-6-16/h1-12,15,19H,13-14H2. The third-order valence-corrected chi connectivity index (χ3v) is 5.96. The van der Waals surface area contributed by atoms with E-state index in [4.69, 9.17) is 0 Å². The molecule has 1 saturated heterocycles. The monoisotopic (exact) mass is 386 g/mol. The minimum Gasteiger partial charge on any atom is -0.334 e. The number of aromatic nitrogens is 3. The molecule has 138 valence electrons. The summed E-state index contributed by atoms with van der Waals surface area (Å²) < 4.78 is 1.87. The molecule has 1 aliphatic rings. The van der Waals surface area contributed by atoms with Gasteiger partial charge in [-0.25, -0.2) is 4.68 Å². The lowest BCUT2D eigenvalue weighted by Gasteiger charge is -2.38. The van der Waals surface area contributed by atoms with Crippen LogP contribution in [-0.4, -0.2) is 38.9 Å². The Balaban J connectivity index is 1.23. The molecule has 6 heteroatoms. The van der Waals surface area contributed by atoms with Crippen LogP contribution in [0.25, 0.3) is 21.7 Å². The van der Waals surface area contributed by atoms with E-state index < -0.39 is 0 Å². The van der Waals surface area contributed by atoms with Gasteiger partial charge in [0, 0.05) is 29.1 Å². The Hall–Kier alpha value is -3.25. The average Bonchev–Trinajstić information content (AvgIpc) is 3.40. The van der Waals surface area contributed by atoms with Gasteiger partial charge in [0.25, 0.3) is 5.91 Å². The second-order valence-corrected chi connectivity index (χ2v) is 7.82. The molecule has 0 atom stereocenters. The second kappa shape index (κ2) is 7.05. The van der Waals surface area contributed by atoms with Gasteiger partial charge in [0.2, 0.25) is 0 Å². The predicted molar refractivity (Wildman–Crippen MR) is 110 cm³/mol. The van der Waals surface area contributed by atoms with Gasteiger partial charge in [-0.15, -0.1) is 16.4 Å². The maximum atomic E-state index is 12.7. The molecule has 0 aliphatic carbocycles. The molecule has 0 N–H and O–H groups in total. The van der Waals surface area contributed by atoms with Crippen LogP contribution in [0.4, 0.5) is 0 Å². The van der Waals surface area contributed by atoms with E-state index in [0.29, 0.717) is 13.1 Å². The summed E-state index contributed by atoms with van der Waals surface area (Å²) >= 11 is 1.70. The van der Waals surface area contributed by atoms with E-state index in [9.17, 15) is 4.79 Å². The summed E-state index contributed by atoms with van der Waals surface area (Å²) in [6, 6.07) is 22.1. The summed E-state index contributed by atoms with van der Waals surface area (Å²) in [5.41, 5.74) is 3.77. The number of carbonyl (C=O) groups is 1. The molecular weight excluding hydrogens is 368 g/mol. The van der Waals surface area contributed by atoms with Crippen LogP contribution in [0, 0.1) is 0 Å². The first-order valence-electron chi connectivity index (χ1n) is 9.18. The highest BCUT2D eigenvalue weighted by molar-refractivity contribution is 7.13. The van der Waals surface area contributed by atoms with Gasteiger partial charge in [-0.2, -0.15) is 0 Å². The third-order valence-electron chi connectivity index (χ3n) is 5.04. The van der Waals surface area contributed by atoms with Crippen molar-refractivity contribution < 1.29 is 4.79 Å². The summed E-state index contributed by atoms with van der Waals surface area (Å²) in [5.74, 6) is 0.0670. The highest BCUT2D eigenvalue weighted by atomic mass is 32.1. The molecule has 3 heterocycles. The zero-order chi connectivity index (χ0) is 18.9. The van der Waals surface area contributed by atoms with Gasteiger partial charge < -0.3 is 4.90 Å². The number of rotatable bonds is 4. The number of thiophene rings is 1. The largest absolute Gasteiger partial charge is 0.334 e. The maximum absolute atomic E-state index is 12.7. The molecule has 2 aromatic carbocycles. The molecule has 28 heavy (non-hydrogen) atoms. The van der Waals surface area contributed by atoms with Gasteiger partial charge in [0.05, 0.1) is 12.2 Å².